The molecule has 1 aliphatic carbocycles. The van der Waals surface area contributed by atoms with Crippen molar-refractivity contribution in [1.29, 1.82) is 0 Å². The third-order valence-electron chi connectivity index (χ3n) is 3.32. The lowest BCUT2D eigenvalue weighted by molar-refractivity contribution is 0.0321. The lowest BCUT2D eigenvalue weighted by Gasteiger charge is -2.34. The van der Waals surface area contributed by atoms with Gasteiger partial charge in [0.1, 0.15) is 6.04 Å². The van der Waals surface area contributed by atoms with Crippen molar-refractivity contribution in [3.05, 3.63) is 24.8 Å². The van der Waals surface area contributed by atoms with E-state index in [2.05, 4.69) is 20.6 Å². The highest BCUT2D eigenvalue weighted by Crippen LogP contribution is 2.36. The van der Waals surface area contributed by atoms with Gasteiger partial charge in [-0.25, -0.2) is 9.36 Å². The molecule has 0 amide bonds. The fourth-order valence-corrected chi connectivity index (χ4v) is 2.55. The minimum absolute atomic E-state index is 0.0861. The van der Waals surface area contributed by atoms with Crippen LogP contribution >= 0.6 is 0 Å². The Morgan fingerprint density at radius 3 is 2.35 bits per heavy atom. The minimum Gasteiger partial charge on any atom is -0.391 e. The molecular weight excluding hydrogens is 220 g/mol. The molecule has 7 nitrogen and oxygen atoms in total. The van der Waals surface area contributed by atoms with Crippen LogP contribution in [0.15, 0.2) is 24.8 Å². The zero-order valence-corrected chi connectivity index (χ0v) is 9.29. The molecule has 3 unspecified atom stereocenters. The van der Waals surface area contributed by atoms with E-state index in [0.29, 0.717) is 0 Å². The van der Waals surface area contributed by atoms with Crippen molar-refractivity contribution < 1.29 is 5.11 Å². The minimum atomic E-state index is -0.417. The summed E-state index contributed by atoms with van der Waals surface area (Å²) in [6.45, 7) is 0. The van der Waals surface area contributed by atoms with Gasteiger partial charge in [0, 0.05) is 12.4 Å². The summed E-state index contributed by atoms with van der Waals surface area (Å²) < 4.78 is 3.52. The Balaban J connectivity index is 1.95. The van der Waals surface area contributed by atoms with E-state index < -0.39 is 6.10 Å². The van der Waals surface area contributed by atoms with Crippen LogP contribution in [0.4, 0.5) is 0 Å². The van der Waals surface area contributed by atoms with Crippen molar-refractivity contribution in [3.8, 4) is 0 Å². The first-order valence-electron chi connectivity index (χ1n) is 5.76. The van der Waals surface area contributed by atoms with E-state index in [1.807, 2.05) is 6.20 Å². The van der Waals surface area contributed by atoms with Gasteiger partial charge in [0.2, 0.25) is 0 Å². The van der Waals surface area contributed by atoms with E-state index in [9.17, 15) is 5.11 Å². The molecule has 2 heterocycles. The van der Waals surface area contributed by atoms with Crippen molar-refractivity contribution in [2.45, 2.75) is 37.5 Å². The molecule has 3 rings (SSSR count). The van der Waals surface area contributed by atoms with Gasteiger partial charge in [-0.15, -0.1) is 10.2 Å². The number of hydrogen-bond acceptors (Lipinski definition) is 5. The fraction of sp³-hybridized carbons (Fsp3) is 0.600. The van der Waals surface area contributed by atoms with Gasteiger partial charge in [0.05, 0.1) is 24.5 Å². The van der Waals surface area contributed by atoms with Crippen LogP contribution in [0.5, 0.6) is 0 Å². The summed E-state index contributed by atoms with van der Waals surface area (Å²) in [5, 5.41) is 25.8. The van der Waals surface area contributed by atoms with Gasteiger partial charge in [-0.3, -0.25) is 0 Å². The summed E-state index contributed by atoms with van der Waals surface area (Å²) >= 11 is 0. The van der Waals surface area contributed by atoms with Crippen molar-refractivity contribution in [2.75, 3.05) is 0 Å². The number of aromatic nitrogens is 6. The summed E-state index contributed by atoms with van der Waals surface area (Å²) in [5.74, 6) is 0. The average Bonchev–Trinajstić information content (AvgIpc) is 3.02. The maximum atomic E-state index is 10.2. The highest BCUT2D eigenvalue weighted by atomic mass is 16.3. The zero-order chi connectivity index (χ0) is 11.7. The summed E-state index contributed by atoms with van der Waals surface area (Å²) in [4.78, 5) is 0. The summed E-state index contributed by atoms with van der Waals surface area (Å²) in [6, 6.07) is -0.0316. The molecule has 0 spiro atoms. The van der Waals surface area contributed by atoms with Crippen LogP contribution in [0, 0.1) is 0 Å². The number of hydrogen-bond donors (Lipinski definition) is 1. The molecule has 0 bridgehead atoms. The molecule has 0 aliphatic heterocycles. The lowest BCUT2D eigenvalue weighted by Crippen LogP contribution is -2.36. The molecule has 90 valence electrons. The molecule has 17 heavy (non-hydrogen) atoms. The number of aliphatic hydroxyl groups is 1. The molecular formula is C10H14N6O. The summed E-state index contributed by atoms with van der Waals surface area (Å²) in [6.07, 6.45) is 9.20. The van der Waals surface area contributed by atoms with Gasteiger partial charge in [-0.05, 0) is 19.3 Å². The molecule has 7 heteroatoms. The normalized spacial score (nSPS) is 29.4. The van der Waals surface area contributed by atoms with E-state index in [0.717, 1.165) is 19.3 Å². The number of nitrogens with zero attached hydrogens (tertiary/aromatic N) is 6. The van der Waals surface area contributed by atoms with Crippen molar-refractivity contribution in [3.63, 3.8) is 0 Å². The van der Waals surface area contributed by atoms with Crippen LogP contribution in [0.2, 0.25) is 0 Å². The average molecular weight is 234 g/mol. The maximum Gasteiger partial charge on any atom is 0.102 e. The van der Waals surface area contributed by atoms with E-state index >= 15 is 0 Å². The Hall–Kier alpha value is -1.76. The second-order valence-electron chi connectivity index (χ2n) is 4.32. The summed E-state index contributed by atoms with van der Waals surface area (Å²) in [5.41, 5.74) is 0. The Kier molecular flexibility index (Phi) is 2.60. The van der Waals surface area contributed by atoms with Gasteiger partial charge in [-0.1, -0.05) is 10.4 Å². The largest absolute Gasteiger partial charge is 0.391 e. The molecule has 0 radical (unpaired) electrons. The molecule has 2 aromatic rings. The fourth-order valence-electron chi connectivity index (χ4n) is 2.55. The second-order valence-corrected chi connectivity index (χ2v) is 4.32. The third-order valence-corrected chi connectivity index (χ3v) is 3.32. The smallest absolute Gasteiger partial charge is 0.102 e. The van der Waals surface area contributed by atoms with Crippen LogP contribution in [-0.4, -0.2) is 41.2 Å². The van der Waals surface area contributed by atoms with Gasteiger partial charge in [-0.2, -0.15) is 0 Å². The van der Waals surface area contributed by atoms with Crippen molar-refractivity contribution in [2.24, 2.45) is 0 Å². The van der Waals surface area contributed by atoms with Gasteiger partial charge in [0.15, 0.2) is 0 Å². The lowest BCUT2D eigenvalue weighted by atomic mass is 9.88. The maximum absolute atomic E-state index is 10.2. The predicted octanol–water partition coefficient (Wildman–Crippen LogP) is 0.197. The summed E-state index contributed by atoms with van der Waals surface area (Å²) in [7, 11) is 0. The molecule has 1 aliphatic rings. The van der Waals surface area contributed by atoms with Gasteiger partial charge < -0.3 is 5.11 Å². The van der Waals surface area contributed by atoms with Crippen LogP contribution in [0.25, 0.3) is 0 Å². The van der Waals surface area contributed by atoms with Gasteiger partial charge >= 0.3 is 0 Å². The Labute approximate surface area is 98.1 Å². The SMILES string of the molecule is OC1CCCC(n2ccnn2)C1n1ccnn1. The highest BCUT2D eigenvalue weighted by molar-refractivity contribution is 4.90. The Bertz CT molecular complexity index is 453. The number of rotatable bonds is 2. The molecule has 1 fully saturated rings. The highest BCUT2D eigenvalue weighted by Gasteiger charge is 2.35. The Morgan fingerprint density at radius 2 is 1.71 bits per heavy atom. The first-order valence-corrected chi connectivity index (χ1v) is 5.76. The molecule has 1 N–H and O–H groups in total. The van der Waals surface area contributed by atoms with Crippen LogP contribution in [-0.2, 0) is 0 Å². The monoisotopic (exact) mass is 234 g/mol. The van der Waals surface area contributed by atoms with Crippen LogP contribution in [0.1, 0.15) is 31.3 Å². The van der Waals surface area contributed by atoms with Crippen LogP contribution in [0.3, 0.4) is 0 Å². The zero-order valence-electron chi connectivity index (χ0n) is 9.29. The standard InChI is InChI=1S/C10H14N6O/c17-9-3-1-2-8(15-6-4-11-13-15)10(9)16-7-5-12-14-16/h4-10,17H,1-3H2. The third kappa shape index (κ3) is 1.82. The second kappa shape index (κ2) is 4.25. The quantitative estimate of drug-likeness (QED) is 0.802. The molecule has 2 aromatic heterocycles. The predicted molar refractivity (Wildman–Crippen MR) is 58.0 cm³/mol. The Morgan fingerprint density at radius 1 is 1.00 bits per heavy atom. The van der Waals surface area contributed by atoms with E-state index in [1.165, 1.54) is 0 Å². The topological polar surface area (TPSA) is 81.6 Å². The van der Waals surface area contributed by atoms with E-state index in [-0.39, 0.29) is 12.1 Å². The molecule has 0 aromatic carbocycles. The first kappa shape index (κ1) is 10.4. The van der Waals surface area contributed by atoms with Crippen molar-refractivity contribution in [1.82, 2.24) is 30.0 Å². The van der Waals surface area contributed by atoms with E-state index in [4.69, 9.17) is 0 Å². The van der Waals surface area contributed by atoms with Gasteiger partial charge in [0.25, 0.3) is 0 Å². The van der Waals surface area contributed by atoms with Crippen LogP contribution < -0.4 is 0 Å². The molecule has 1 saturated carbocycles. The molecule has 3 atom stereocenters. The number of aliphatic hydroxyl groups excluding tert-OH is 1. The molecule has 0 saturated heterocycles. The van der Waals surface area contributed by atoms with E-state index in [1.54, 1.807) is 28.0 Å². The first-order chi connectivity index (χ1) is 8.36. The van der Waals surface area contributed by atoms with Crippen molar-refractivity contribution >= 4 is 0 Å².